The Balaban J connectivity index is 0.00000144. The molecule has 0 aliphatic heterocycles. The number of fused-ring (bicyclic) bond motifs is 2. The van der Waals surface area contributed by atoms with Crippen molar-refractivity contribution in [1.82, 2.24) is 9.97 Å². The first-order chi connectivity index (χ1) is 14.5. The zero-order valence-electron chi connectivity index (χ0n) is 17.7. The minimum absolute atomic E-state index is 0. The number of benzene rings is 4. The van der Waals surface area contributed by atoms with Gasteiger partial charge in [0.15, 0.2) is 0 Å². The summed E-state index contributed by atoms with van der Waals surface area (Å²) >= 11 is 0. The van der Waals surface area contributed by atoms with Crippen LogP contribution in [0, 0.1) is 0 Å². The molecule has 1 aromatic heterocycles. The molecule has 0 saturated carbocycles. The number of nitrogens with zero attached hydrogens (tertiary/aromatic N) is 2. The molecule has 0 saturated heterocycles. The van der Waals surface area contributed by atoms with E-state index in [9.17, 15) is 13.0 Å². The molecule has 148 valence electrons. The Morgan fingerprint density at radius 3 is 1.71 bits per heavy atom. The van der Waals surface area contributed by atoms with Crippen molar-refractivity contribution in [3.05, 3.63) is 91.0 Å². The fourth-order valence-electron chi connectivity index (χ4n) is 3.62. The molecule has 5 rings (SSSR count). The molecule has 0 aliphatic rings. The van der Waals surface area contributed by atoms with Crippen LogP contribution in [0.4, 0.5) is 0 Å². The average molecular weight is 436 g/mol. The smallest absolute Gasteiger partial charge is 1.00 e. The van der Waals surface area contributed by atoms with Crippen LogP contribution < -0.4 is 29.6 Å². The van der Waals surface area contributed by atoms with E-state index in [1.54, 1.807) is 24.3 Å². The summed E-state index contributed by atoms with van der Waals surface area (Å²) in [7, 11) is -4.36. The Morgan fingerprint density at radius 1 is 0.677 bits per heavy atom. The summed E-state index contributed by atoms with van der Waals surface area (Å²) in [6.07, 6.45) is 0. The van der Waals surface area contributed by atoms with Crippen molar-refractivity contribution in [3.8, 4) is 22.5 Å². The predicted molar refractivity (Wildman–Crippen MR) is 119 cm³/mol. The molecule has 0 fully saturated rings. The summed E-state index contributed by atoms with van der Waals surface area (Å²) in [6, 6.07) is 27.8. The van der Waals surface area contributed by atoms with Crippen LogP contribution >= 0.6 is 0 Å². The van der Waals surface area contributed by atoms with E-state index < -0.39 is 10.1 Å². The van der Waals surface area contributed by atoms with E-state index >= 15 is 0 Å². The van der Waals surface area contributed by atoms with Gasteiger partial charge in [-0.3, -0.25) is 4.55 Å². The van der Waals surface area contributed by atoms with Gasteiger partial charge < -0.3 is 1.43 Å². The van der Waals surface area contributed by atoms with Crippen molar-refractivity contribution >= 4 is 31.9 Å². The number of hydrogen-bond acceptors (Lipinski definition) is 4. The van der Waals surface area contributed by atoms with Gasteiger partial charge in [-0.1, -0.05) is 72.8 Å². The summed E-state index contributed by atoms with van der Waals surface area (Å²) < 4.78 is 33.3. The molecule has 0 unspecified atom stereocenters. The maximum atomic E-state index is 11.8. The molecule has 4 aromatic carbocycles. The fraction of sp³-hybridized carbons (Fsp3) is 0. The molecule has 0 atom stereocenters. The van der Waals surface area contributed by atoms with Gasteiger partial charge >= 0.3 is 29.6 Å². The standard InChI is InChI=1S/C24H16N2O3S.Na.H/c27-30(28,29)22-13-7-12-18-14-20-21(15-19(18)22)26-24(17-10-5-2-6-11-17)23(25-20)16-8-3-1-4-9-16;;/h1-15H,(H,27,28,29);;/q;+1;-1. The molecule has 5 aromatic rings. The number of rotatable bonds is 3. The molecule has 0 bridgehead atoms. The van der Waals surface area contributed by atoms with Crippen LogP contribution in [0.15, 0.2) is 95.9 Å². The van der Waals surface area contributed by atoms with Gasteiger partial charge in [0.2, 0.25) is 0 Å². The van der Waals surface area contributed by atoms with Crippen molar-refractivity contribution in [2.45, 2.75) is 4.90 Å². The summed E-state index contributed by atoms with van der Waals surface area (Å²) in [5.41, 5.74) is 4.51. The predicted octanol–water partition coefficient (Wildman–Crippen LogP) is 2.48. The molecule has 7 heteroatoms. The maximum absolute atomic E-state index is 11.8. The largest absolute Gasteiger partial charge is 1.00 e. The molecular weight excluding hydrogens is 419 g/mol. The van der Waals surface area contributed by atoms with Gasteiger partial charge in [-0.25, -0.2) is 9.97 Å². The van der Waals surface area contributed by atoms with Gasteiger partial charge in [0, 0.05) is 16.5 Å². The Labute approximate surface area is 203 Å². The first kappa shape index (κ1) is 21.6. The molecule has 1 N–H and O–H groups in total. The van der Waals surface area contributed by atoms with Gasteiger partial charge in [0.05, 0.1) is 22.4 Å². The van der Waals surface area contributed by atoms with E-state index in [1.807, 2.05) is 60.7 Å². The summed E-state index contributed by atoms with van der Waals surface area (Å²) in [5.74, 6) is 0. The first-order valence-corrected chi connectivity index (χ1v) is 10.8. The van der Waals surface area contributed by atoms with Gasteiger partial charge in [0.25, 0.3) is 10.1 Å². The second-order valence-corrected chi connectivity index (χ2v) is 8.34. The Bertz CT molecular complexity index is 1510. The average Bonchev–Trinajstić information content (AvgIpc) is 2.77. The fourth-order valence-corrected chi connectivity index (χ4v) is 4.32. The molecule has 0 aliphatic carbocycles. The van der Waals surface area contributed by atoms with Crippen molar-refractivity contribution in [2.75, 3.05) is 0 Å². The molecule has 1 heterocycles. The molecule has 5 nitrogen and oxygen atoms in total. The third-order valence-corrected chi connectivity index (χ3v) is 5.91. The third kappa shape index (κ3) is 4.13. The summed E-state index contributed by atoms with van der Waals surface area (Å²) in [5, 5.41) is 1.08. The van der Waals surface area contributed by atoms with Crippen LogP contribution in [0.1, 0.15) is 1.43 Å². The monoisotopic (exact) mass is 436 g/mol. The van der Waals surface area contributed by atoms with E-state index in [0.717, 1.165) is 16.8 Å². The number of aromatic nitrogens is 2. The normalized spacial score (nSPS) is 11.4. The van der Waals surface area contributed by atoms with Crippen LogP contribution in [0.3, 0.4) is 0 Å². The zero-order chi connectivity index (χ0) is 20.7. The zero-order valence-corrected chi connectivity index (χ0v) is 19.5. The van der Waals surface area contributed by atoms with Crippen molar-refractivity contribution < 1.29 is 44.0 Å². The summed E-state index contributed by atoms with van der Waals surface area (Å²) in [6.45, 7) is 0. The van der Waals surface area contributed by atoms with E-state index in [1.165, 1.54) is 6.07 Å². The van der Waals surface area contributed by atoms with Gasteiger partial charge in [0.1, 0.15) is 4.90 Å². The maximum Gasteiger partial charge on any atom is 1.00 e. The van der Waals surface area contributed by atoms with Crippen LogP contribution in [0.25, 0.3) is 44.3 Å². The Kier molecular flexibility index (Phi) is 5.92. The van der Waals surface area contributed by atoms with E-state index in [4.69, 9.17) is 9.97 Å². The molecule has 0 spiro atoms. The first-order valence-electron chi connectivity index (χ1n) is 9.33. The van der Waals surface area contributed by atoms with Crippen molar-refractivity contribution in [2.24, 2.45) is 0 Å². The minimum Gasteiger partial charge on any atom is -1.00 e. The van der Waals surface area contributed by atoms with Gasteiger partial charge in [-0.2, -0.15) is 8.42 Å². The topological polar surface area (TPSA) is 80.2 Å². The Morgan fingerprint density at radius 2 is 1.19 bits per heavy atom. The van der Waals surface area contributed by atoms with Crippen LogP contribution in [-0.4, -0.2) is 22.9 Å². The second-order valence-electron chi connectivity index (χ2n) is 6.95. The summed E-state index contributed by atoms with van der Waals surface area (Å²) in [4.78, 5) is 9.60. The molecule has 0 amide bonds. The van der Waals surface area contributed by atoms with Crippen LogP contribution in [0.5, 0.6) is 0 Å². The van der Waals surface area contributed by atoms with Crippen LogP contribution in [-0.2, 0) is 10.1 Å². The number of hydrogen-bond donors (Lipinski definition) is 1. The van der Waals surface area contributed by atoms with Crippen molar-refractivity contribution in [3.63, 3.8) is 0 Å². The third-order valence-electron chi connectivity index (χ3n) is 5.00. The quantitative estimate of drug-likeness (QED) is 0.267. The van der Waals surface area contributed by atoms with Crippen molar-refractivity contribution in [1.29, 1.82) is 0 Å². The molecule has 0 radical (unpaired) electrons. The van der Waals surface area contributed by atoms with Gasteiger partial charge in [-0.05, 0) is 23.6 Å². The molecular formula is C24H17N2NaO3S. The van der Waals surface area contributed by atoms with E-state index in [-0.39, 0.29) is 35.9 Å². The second kappa shape index (κ2) is 8.49. The Hall–Kier alpha value is -2.61. The van der Waals surface area contributed by atoms with Gasteiger partial charge in [-0.15, -0.1) is 0 Å². The minimum atomic E-state index is -4.36. The van der Waals surface area contributed by atoms with Crippen LogP contribution in [0.2, 0.25) is 0 Å². The van der Waals surface area contributed by atoms with E-state index in [2.05, 4.69) is 0 Å². The van der Waals surface area contributed by atoms with E-state index in [0.29, 0.717) is 27.5 Å². The molecule has 31 heavy (non-hydrogen) atoms. The SMILES string of the molecule is O=S(=O)(O)c1cccc2cc3nc(-c4ccccc4)c(-c4ccccc4)nc3cc12.[H-].[Na+].